The lowest BCUT2D eigenvalue weighted by atomic mass is 10.2. The molecule has 114 valence electrons. The highest BCUT2D eigenvalue weighted by Gasteiger charge is 2.21. The molecule has 0 radical (unpaired) electrons. The van der Waals surface area contributed by atoms with Gasteiger partial charge in [-0.25, -0.2) is 0 Å². The van der Waals surface area contributed by atoms with Gasteiger partial charge in [-0.2, -0.15) is 5.10 Å². The fraction of sp³-hybridized carbons (Fsp3) is 0.250. The molecule has 0 bridgehead atoms. The number of benzene rings is 1. The van der Waals surface area contributed by atoms with Gasteiger partial charge in [-0.15, -0.1) is 11.3 Å². The number of thiophene rings is 1. The summed E-state index contributed by atoms with van der Waals surface area (Å²) in [6.45, 7) is 3.33. The molecule has 3 rings (SSSR count). The number of halogens is 1. The molecular weight excluding hydrogens is 318 g/mol. The fourth-order valence-electron chi connectivity index (χ4n) is 2.42. The molecule has 0 fully saturated rings. The van der Waals surface area contributed by atoms with Crippen LogP contribution in [0.15, 0.2) is 36.5 Å². The van der Waals surface area contributed by atoms with Gasteiger partial charge >= 0.3 is 0 Å². The number of fused-ring (bicyclic) bond motifs is 1. The molecule has 2 aromatic heterocycles. The molecule has 0 saturated carbocycles. The van der Waals surface area contributed by atoms with Crippen molar-refractivity contribution >= 4 is 38.9 Å². The number of aryl methyl sites for hydroxylation is 1. The molecule has 6 heteroatoms. The Morgan fingerprint density at radius 2 is 2.14 bits per heavy atom. The van der Waals surface area contributed by atoms with Crippen molar-refractivity contribution in [2.45, 2.75) is 20.0 Å². The van der Waals surface area contributed by atoms with Crippen molar-refractivity contribution in [2.75, 3.05) is 7.05 Å². The Bertz CT molecular complexity index is 824. The first-order valence-corrected chi connectivity index (χ1v) is 8.24. The molecule has 0 aliphatic rings. The van der Waals surface area contributed by atoms with Crippen LogP contribution in [-0.2, 0) is 13.1 Å². The van der Waals surface area contributed by atoms with Gasteiger partial charge in [-0.1, -0.05) is 29.8 Å². The van der Waals surface area contributed by atoms with Crippen LogP contribution in [0.3, 0.4) is 0 Å². The van der Waals surface area contributed by atoms with E-state index in [-0.39, 0.29) is 5.91 Å². The number of amides is 1. The van der Waals surface area contributed by atoms with E-state index in [1.165, 1.54) is 11.3 Å². The highest BCUT2D eigenvalue weighted by atomic mass is 35.5. The molecule has 0 aliphatic heterocycles. The summed E-state index contributed by atoms with van der Waals surface area (Å²) in [4.78, 5) is 15.0. The number of hydrogen-bond acceptors (Lipinski definition) is 3. The first kappa shape index (κ1) is 15.1. The molecule has 0 N–H and O–H groups in total. The number of carbonyl (C=O) groups is 1. The van der Waals surface area contributed by atoms with Crippen LogP contribution in [0.4, 0.5) is 0 Å². The van der Waals surface area contributed by atoms with Crippen molar-refractivity contribution in [3.05, 3.63) is 52.1 Å². The van der Waals surface area contributed by atoms with Gasteiger partial charge in [0.25, 0.3) is 5.91 Å². The zero-order valence-corrected chi connectivity index (χ0v) is 14.0. The number of nitrogens with zero attached hydrogens (tertiary/aromatic N) is 3. The Kier molecular flexibility index (Phi) is 4.18. The molecular formula is C16H16ClN3OS. The van der Waals surface area contributed by atoms with Gasteiger partial charge in [-0.05, 0) is 19.1 Å². The second-order valence-electron chi connectivity index (χ2n) is 5.04. The lowest BCUT2D eigenvalue weighted by Crippen LogP contribution is -2.27. The molecule has 2 heterocycles. The van der Waals surface area contributed by atoms with E-state index in [2.05, 4.69) is 5.10 Å². The molecule has 1 aromatic carbocycles. The third kappa shape index (κ3) is 2.62. The summed E-state index contributed by atoms with van der Waals surface area (Å²) in [6, 6.07) is 9.73. The minimum Gasteiger partial charge on any atom is -0.335 e. The van der Waals surface area contributed by atoms with Gasteiger partial charge < -0.3 is 4.90 Å². The minimum absolute atomic E-state index is 0.0601. The molecule has 0 saturated heterocycles. The normalized spacial score (nSPS) is 11.0. The molecule has 3 aromatic rings. The van der Waals surface area contributed by atoms with Gasteiger partial charge in [0.05, 0.1) is 17.3 Å². The summed E-state index contributed by atoms with van der Waals surface area (Å²) in [5.74, 6) is -0.0601. The zero-order chi connectivity index (χ0) is 15.7. The largest absolute Gasteiger partial charge is 0.335 e. The SMILES string of the molecule is CCn1nccc1CN(C)C(=O)c1sc2ccccc2c1Cl. The smallest absolute Gasteiger partial charge is 0.265 e. The summed E-state index contributed by atoms with van der Waals surface area (Å²) in [5, 5.41) is 5.71. The molecule has 0 atom stereocenters. The van der Waals surface area contributed by atoms with Crippen molar-refractivity contribution < 1.29 is 4.79 Å². The van der Waals surface area contributed by atoms with Crippen LogP contribution >= 0.6 is 22.9 Å². The maximum atomic E-state index is 12.7. The molecule has 4 nitrogen and oxygen atoms in total. The summed E-state index contributed by atoms with van der Waals surface area (Å²) in [6.07, 6.45) is 1.75. The van der Waals surface area contributed by atoms with E-state index < -0.39 is 0 Å². The van der Waals surface area contributed by atoms with Crippen LogP contribution in [-0.4, -0.2) is 27.6 Å². The van der Waals surface area contributed by atoms with E-state index in [0.29, 0.717) is 16.4 Å². The van der Waals surface area contributed by atoms with Gasteiger partial charge in [0.2, 0.25) is 0 Å². The zero-order valence-electron chi connectivity index (χ0n) is 12.4. The van der Waals surface area contributed by atoms with Crippen molar-refractivity contribution in [1.82, 2.24) is 14.7 Å². The van der Waals surface area contributed by atoms with Crippen molar-refractivity contribution in [3.63, 3.8) is 0 Å². The van der Waals surface area contributed by atoms with Crippen LogP contribution in [0, 0.1) is 0 Å². The number of rotatable bonds is 4. The van der Waals surface area contributed by atoms with Crippen LogP contribution in [0.1, 0.15) is 22.3 Å². The maximum absolute atomic E-state index is 12.7. The predicted octanol–water partition coefficient (Wildman–Crippen LogP) is 4.04. The Morgan fingerprint density at radius 3 is 2.86 bits per heavy atom. The van der Waals surface area contributed by atoms with Crippen LogP contribution in [0.2, 0.25) is 5.02 Å². The molecule has 0 aliphatic carbocycles. The lowest BCUT2D eigenvalue weighted by molar-refractivity contribution is 0.0786. The Balaban J connectivity index is 1.87. The van der Waals surface area contributed by atoms with Gasteiger partial charge in [-0.3, -0.25) is 9.48 Å². The maximum Gasteiger partial charge on any atom is 0.265 e. The van der Waals surface area contributed by atoms with Crippen molar-refractivity contribution in [1.29, 1.82) is 0 Å². The number of aromatic nitrogens is 2. The number of hydrogen-bond donors (Lipinski definition) is 0. The summed E-state index contributed by atoms with van der Waals surface area (Å²) in [7, 11) is 1.79. The highest BCUT2D eigenvalue weighted by Crippen LogP contribution is 2.35. The second kappa shape index (κ2) is 6.10. The molecule has 1 amide bonds. The minimum atomic E-state index is -0.0601. The predicted molar refractivity (Wildman–Crippen MR) is 90.5 cm³/mol. The van der Waals surface area contributed by atoms with Crippen LogP contribution in [0.5, 0.6) is 0 Å². The van der Waals surface area contributed by atoms with E-state index in [0.717, 1.165) is 22.3 Å². The first-order valence-electron chi connectivity index (χ1n) is 7.05. The first-order chi connectivity index (χ1) is 10.6. The summed E-state index contributed by atoms with van der Waals surface area (Å²) >= 11 is 7.82. The van der Waals surface area contributed by atoms with Gasteiger partial charge in [0.15, 0.2) is 0 Å². The standard InChI is InChI=1S/C16H16ClN3OS/c1-3-20-11(8-9-18-20)10-19(2)16(21)15-14(17)12-6-4-5-7-13(12)22-15/h4-9H,3,10H2,1-2H3. The molecule has 22 heavy (non-hydrogen) atoms. The van der Waals surface area contributed by atoms with Crippen molar-refractivity contribution in [3.8, 4) is 0 Å². The Hall–Kier alpha value is -1.85. The van der Waals surface area contributed by atoms with E-state index >= 15 is 0 Å². The van der Waals surface area contributed by atoms with Gasteiger partial charge in [0, 0.05) is 29.9 Å². The monoisotopic (exact) mass is 333 g/mol. The summed E-state index contributed by atoms with van der Waals surface area (Å²) in [5.41, 5.74) is 1.01. The van der Waals surface area contributed by atoms with Crippen LogP contribution < -0.4 is 0 Å². The molecule has 0 unspecified atom stereocenters. The van der Waals surface area contributed by atoms with E-state index in [1.807, 2.05) is 41.9 Å². The van der Waals surface area contributed by atoms with Gasteiger partial charge in [0.1, 0.15) is 4.88 Å². The Labute approximate surface area is 137 Å². The second-order valence-corrected chi connectivity index (χ2v) is 6.47. The lowest BCUT2D eigenvalue weighted by Gasteiger charge is -2.17. The molecule has 0 spiro atoms. The van der Waals surface area contributed by atoms with E-state index in [4.69, 9.17) is 11.6 Å². The highest BCUT2D eigenvalue weighted by molar-refractivity contribution is 7.21. The van der Waals surface area contributed by atoms with E-state index in [1.54, 1.807) is 18.1 Å². The third-order valence-corrected chi connectivity index (χ3v) is 5.24. The summed E-state index contributed by atoms with van der Waals surface area (Å²) < 4.78 is 2.92. The van der Waals surface area contributed by atoms with Crippen LogP contribution in [0.25, 0.3) is 10.1 Å². The van der Waals surface area contributed by atoms with Crippen molar-refractivity contribution in [2.24, 2.45) is 0 Å². The van der Waals surface area contributed by atoms with E-state index in [9.17, 15) is 4.79 Å². The average Bonchev–Trinajstić information content (AvgIpc) is 3.11. The fourth-order valence-corrected chi connectivity index (χ4v) is 3.93. The topological polar surface area (TPSA) is 38.1 Å². The third-order valence-electron chi connectivity index (χ3n) is 3.58. The Morgan fingerprint density at radius 1 is 1.36 bits per heavy atom. The average molecular weight is 334 g/mol. The quantitative estimate of drug-likeness (QED) is 0.722. The number of carbonyl (C=O) groups excluding carboxylic acids is 1.